The third-order valence-corrected chi connectivity index (χ3v) is 3.70. The Morgan fingerprint density at radius 3 is 2.38 bits per heavy atom. The molecule has 0 spiro atoms. The van der Waals surface area contributed by atoms with Crippen molar-refractivity contribution in [2.24, 2.45) is 5.92 Å². The van der Waals surface area contributed by atoms with E-state index in [1.165, 1.54) is 37.7 Å². The first kappa shape index (κ1) is 13.3. The average molecular weight is 224 g/mol. The minimum absolute atomic E-state index is 0.552. The van der Waals surface area contributed by atoms with Crippen LogP contribution in [0, 0.1) is 5.92 Å². The third-order valence-electron chi connectivity index (χ3n) is 3.70. The van der Waals surface area contributed by atoms with Crippen molar-refractivity contribution in [2.45, 2.75) is 65.2 Å². The number of rotatable bonds is 5. The number of hydrogen-bond donors (Lipinski definition) is 1. The van der Waals surface area contributed by atoms with Crippen LogP contribution >= 0.6 is 0 Å². The van der Waals surface area contributed by atoms with Crippen LogP contribution < -0.4 is 0 Å². The fourth-order valence-corrected chi connectivity index (χ4v) is 2.65. The van der Waals surface area contributed by atoms with Crippen molar-refractivity contribution in [3.05, 3.63) is 11.1 Å². The van der Waals surface area contributed by atoms with E-state index in [2.05, 4.69) is 6.92 Å². The van der Waals surface area contributed by atoms with Crippen LogP contribution in [-0.4, -0.2) is 11.1 Å². The number of carboxylic acids is 1. The van der Waals surface area contributed by atoms with E-state index in [0.29, 0.717) is 11.5 Å². The van der Waals surface area contributed by atoms with Crippen molar-refractivity contribution in [2.75, 3.05) is 0 Å². The lowest BCUT2D eigenvalue weighted by molar-refractivity contribution is -0.132. The Labute approximate surface area is 98.7 Å². The van der Waals surface area contributed by atoms with Gasteiger partial charge in [0, 0.05) is 5.57 Å². The highest BCUT2D eigenvalue weighted by atomic mass is 16.4. The smallest absolute Gasteiger partial charge is 0.331 e. The Kier molecular flexibility index (Phi) is 5.58. The summed E-state index contributed by atoms with van der Waals surface area (Å²) in [6.07, 6.45) is 9.51. The highest BCUT2D eigenvalue weighted by molar-refractivity contribution is 5.86. The number of carboxylic acid groups (broad SMARTS) is 1. The first-order valence-electron chi connectivity index (χ1n) is 6.59. The summed E-state index contributed by atoms with van der Waals surface area (Å²) in [7, 11) is 0. The molecule has 1 fully saturated rings. The van der Waals surface area contributed by atoms with E-state index in [0.717, 1.165) is 19.3 Å². The molecule has 1 aliphatic rings. The molecule has 1 aliphatic carbocycles. The summed E-state index contributed by atoms with van der Waals surface area (Å²) in [6.45, 7) is 3.94. The molecule has 0 heterocycles. The van der Waals surface area contributed by atoms with Crippen molar-refractivity contribution in [1.82, 2.24) is 0 Å². The summed E-state index contributed by atoms with van der Waals surface area (Å²) >= 11 is 0. The molecule has 2 heteroatoms. The van der Waals surface area contributed by atoms with E-state index in [9.17, 15) is 4.79 Å². The van der Waals surface area contributed by atoms with Crippen molar-refractivity contribution < 1.29 is 9.90 Å². The Morgan fingerprint density at radius 1 is 1.25 bits per heavy atom. The summed E-state index contributed by atoms with van der Waals surface area (Å²) in [5.74, 6) is -0.173. The minimum atomic E-state index is -0.725. The fraction of sp³-hybridized carbons (Fsp3) is 0.786. The van der Waals surface area contributed by atoms with E-state index >= 15 is 0 Å². The molecule has 0 atom stereocenters. The largest absolute Gasteiger partial charge is 0.478 e. The maximum Gasteiger partial charge on any atom is 0.331 e. The highest BCUT2D eigenvalue weighted by Gasteiger charge is 2.21. The second-order valence-electron chi connectivity index (χ2n) is 4.89. The van der Waals surface area contributed by atoms with Gasteiger partial charge >= 0.3 is 5.97 Å². The quantitative estimate of drug-likeness (QED) is 0.712. The maximum absolute atomic E-state index is 11.1. The van der Waals surface area contributed by atoms with Crippen molar-refractivity contribution >= 4 is 5.97 Å². The third kappa shape index (κ3) is 3.66. The topological polar surface area (TPSA) is 37.3 Å². The minimum Gasteiger partial charge on any atom is -0.478 e. The molecule has 0 aromatic rings. The van der Waals surface area contributed by atoms with Gasteiger partial charge in [0.15, 0.2) is 0 Å². The summed E-state index contributed by atoms with van der Waals surface area (Å²) in [5, 5.41) is 9.12. The zero-order valence-corrected chi connectivity index (χ0v) is 10.6. The zero-order chi connectivity index (χ0) is 12.0. The van der Waals surface area contributed by atoms with E-state index < -0.39 is 5.97 Å². The number of allylic oxidation sites excluding steroid dienone is 1. The molecule has 0 bridgehead atoms. The molecule has 0 aliphatic heterocycles. The van der Waals surface area contributed by atoms with Crippen LogP contribution in [0.3, 0.4) is 0 Å². The normalized spacial score (nSPS) is 19.4. The number of unbranched alkanes of at least 4 members (excludes halogenated alkanes) is 1. The lowest BCUT2D eigenvalue weighted by atomic mass is 9.80. The van der Waals surface area contributed by atoms with E-state index in [1.807, 2.05) is 0 Å². The lowest BCUT2D eigenvalue weighted by Gasteiger charge is -2.25. The van der Waals surface area contributed by atoms with Gasteiger partial charge in [0.1, 0.15) is 0 Å². The van der Waals surface area contributed by atoms with Crippen LogP contribution in [-0.2, 0) is 4.79 Å². The van der Waals surface area contributed by atoms with Gasteiger partial charge in [-0.15, -0.1) is 0 Å². The molecule has 92 valence electrons. The van der Waals surface area contributed by atoms with Crippen LogP contribution in [0.5, 0.6) is 0 Å². The van der Waals surface area contributed by atoms with E-state index in [-0.39, 0.29) is 0 Å². The molecule has 0 saturated heterocycles. The molecule has 16 heavy (non-hydrogen) atoms. The van der Waals surface area contributed by atoms with Crippen molar-refractivity contribution in [1.29, 1.82) is 0 Å². The van der Waals surface area contributed by atoms with Crippen LogP contribution in [0.25, 0.3) is 0 Å². The first-order chi connectivity index (χ1) is 7.66. The number of aliphatic carboxylic acids is 1. The van der Waals surface area contributed by atoms with Crippen molar-refractivity contribution in [3.8, 4) is 0 Å². The number of carbonyl (C=O) groups is 1. The Morgan fingerprint density at radius 2 is 1.88 bits per heavy atom. The van der Waals surface area contributed by atoms with Crippen LogP contribution in [0.15, 0.2) is 11.1 Å². The van der Waals surface area contributed by atoms with Gasteiger partial charge in [0.05, 0.1) is 0 Å². The van der Waals surface area contributed by atoms with Crippen LogP contribution in [0.1, 0.15) is 65.2 Å². The molecular formula is C14H24O2. The van der Waals surface area contributed by atoms with Crippen LogP contribution in [0.2, 0.25) is 0 Å². The maximum atomic E-state index is 11.1. The summed E-state index contributed by atoms with van der Waals surface area (Å²) in [4.78, 5) is 11.1. The second kappa shape index (κ2) is 6.72. The van der Waals surface area contributed by atoms with Gasteiger partial charge in [0.2, 0.25) is 0 Å². The predicted octanol–water partition coefficient (Wildman–Crippen LogP) is 4.16. The predicted molar refractivity (Wildman–Crippen MR) is 66.4 cm³/mol. The second-order valence-corrected chi connectivity index (χ2v) is 4.89. The molecule has 1 saturated carbocycles. The van der Waals surface area contributed by atoms with Gasteiger partial charge in [-0.2, -0.15) is 0 Å². The standard InChI is InChI=1S/C14H24O2/c1-3-4-10-13(11(2)14(15)16)12-8-6-5-7-9-12/h12H,3-10H2,1-2H3,(H,15,16)/b13-11+. The van der Waals surface area contributed by atoms with Gasteiger partial charge in [-0.3, -0.25) is 0 Å². The van der Waals surface area contributed by atoms with Gasteiger partial charge in [-0.1, -0.05) is 38.2 Å². The first-order valence-corrected chi connectivity index (χ1v) is 6.59. The monoisotopic (exact) mass is 224 g/mol. The molecule has 2 nitrogen and oxygen atoms in total. The van der Waals surface area contributed by atoms with Gasteiger partial charge in [0.25, 0.3) is 0 Å². The molecule has 0 aromatic heterocycles. The molecule has 0 amide bonds. The van der Waals surface area contributed by atoms with Gasteiger partial charge in [-0.25, -0.2) is 4.79 Å². The molecule has 1 rings (SSSR count). The molecular weight excluding hydrogens is 200 g/mol. The van der Waals surface area contributed by atoms with Crippen molar-refractivity contribution in [3.63, 3.8) is 0 Å². The Balaban J connectivity index is 2.76. The Bertz CT molecular complexity index is 260. The van der Waals surface area contributed by atoms with Gasteiger partial charge in [-0.05, 0) is 38.5 Å². The molecule has 0 unspecified atom stereocenters. The van der Waals surface area contributed by atoms with E-state index in [4.69, 9.17) is 5.11 Å². The van der Waals surface area contributed by atoms with Gasteiger partial charge < -0.3 is 5.11 Å². The zero-order valence-electron chi connectivity index (χ0n) is 10.6. The molecule has 0 aromatic carbocycles. The van der Waals surface area contributed by atoms with E-state index in [1.54, 1.807) is 6.92 Å². The average Bonchev–Trinajstić information content (AvgIpc) is 2.30. The summed E-state index contributed by atoms with van der Waals surface area (Å²) < 4.78 is 0. The Hall–Kier alpha value is -0.790. The summed E-state index contributed by atoms with van der Waals surface area (Å²) in [6, 6.07) is 0. The molecule has 0 radical (unpaired) electrons. The SMILES string of the molecule is CCCC/C(=C(/C)C(=O)O)C1CCCCC1. The summed E-state index contributed by atoms with van der Waals surface area (Å²) in [5.41, 5.74) is 1.84. The lowest BCUT2D eigenvalue weighted by Crippen LogP contribution is -2.14. The highest BCUT2D eigenvalue weighted by Crippen LogP contribution is 2.34. The van der Waals surface area contributed by atoms with Crippen LogP contribution in [0.4, 0.5) is 0 Å². The number of hydrogen-bond acceptors (Lipinski definition) is 1. The molecule has 1 N–H and O–H groups in total. The fourth-order valence-electron chi connectivity index (χ4n) is 2.65.